The van der Waals surface area contributed by atoms with E-state index in [1.807, 2.05) is 0 Å². The molecule has 23 heavy (non-hydrogen) atoms. The third-order valence-corrected chi connectivity index (χ3v) is 5.85. The first-order valence-electron chi connectivity index (χ1n) is 8.42. The fraction of sp³-hybridized carbons (Fsp3) is 0.286. The van der Waals surface area contributed by atoms with Gasteiger partial charge < -0.3 is 0 Å². The Morgan fingerprint density at radius 2 is 1.65 bits per heavy atom. The summed E-state index contributed by atoms with van der Waals surface area (Å²) in [7, 11) is 0. The van der Waals surface area contributed by atoms with E-state index in [0.717, 1.165) is 5.65 Å². The highest BCUT2D eigenvalue weighted by atomic mass is 15.0. The summed E-state index contributed by atoms with van der Waals surface area (Å²) in [5.41, 5.74) is 7.86. The summed E-state index contributed by atoms with van der Waals surface area (Å²) in [4.78, 5) is 4.97. The Kier molecular flexibility index (Phi) is 2.36. The Morgan fingerprint density at radius 1 is 0.913 bits per heavy atom. The number of hydrogen-bond acceptors (Lipinski definition) is 1. The van der Waals surface area contributed by atoms with Crippen LogP contribution in [0.3, 0.4) is 0 Å². The molecule has 1 aliphatic heterocycles. The molecule has 2 unspecified atom stereocenters. The quantitative estimate of drug-likeness (QED) is 0.393. The first-order chi connectivity index (χ1) is 11.1. The average molecular weight is 300 g/mol. The molecular weight excluding hydrogens is 280 g/mol. The van der Waals surface area contributed by atoms with Gasteiger partial charge >= 0.3 is 0 Å². The van der Waals surface area contributed by atoms with Crippen LogP contribution in [-0.2, 0) is 0 Å². The topological polar surface area (TPSA) is 17.3 Å². The molecule has 0 aliphatic carbocycles. The van der Waals surface area contributed by atoms with Crippen molar-refractivity contribution in [1.82, 2.24) is 9.38 Å². The summed E-state index contributed by atoms with van der Waals surface area (Å²) >= 11 is 0. The molecule has 114 valence electrons. The summed E-state index contributed by atoms with van der Waals surface area (Å²) in [6, 6.07) is 13.3. The first kappa shape index (κ1) is 13.1. The van der Waals surface area contributed by atoms with E-state index >= 15 is 0 Å². The minimum absolute atomic E-state index is 0.490. The maximum Gasteiger partial charge on any atom is 0.145 e. The zero-order chi connectivity index (χ0) is 15.9. The van der Waals surface area contributed by atoms with Gasteiger partial charge in [0.2, 0.25) is 0 Å². The Hall–Kier alpha value is -2.35. The molecule has 1 aliphatic rings. The molecule has 4 aromatic rings. The normalized spacial score (nSPS) is 20.2. The molecule has 0 N–H and O–H groups in total. The van der Waals surface area contributed by atoms with Crippen LogP contribution in [0.15, 0.2) is 36.4 Å². The number of benzene rings is 2. The van der Waals surface area contributed by atoms with Crippen molar-refractivity contribution in [1.29, 1.82) is 0 Å². The summed E-state index contributed by atoms with van der Waals surface area (Å²) in [6.45, 7) is 9.08. The predicted molar refractivity (Wildman–Crippen MR) is 96.5 cm³/mol. The maximum atomic E-state index is 4.97. The third kappa shape index (κ3) is 1.42. The molecule has 0 spiro atoms. The highest BCUT2D eigenvalue weighted by molar-refractivity contribution is 6.14. The van der Waals surface area contributed by atoms with Crippen LogP contribution in [-0.4, -0.2) is 9.38 Å². The second-order valence-electron chi connectivity index (χ2n) is 7.06. The Balaban J connectivity index is 2.24. The van der Waals surface area contributed by atoms with Crippen LogP contribution >= 0.6 is 0 Å². The fourth-order valence-electron chi connectivity index (χ4n) is 4.54. The minimum Gasteiger partial charge on any atom is -0.295 e. The summed E-state index contributed by atoms with van der Waals surface area (Å²) in [5.74, 6) is 1.01. The Labute approximate surface area is 135 Å². The Bertz CT molecular complexity index is 1120. The van der Waals surface area contributed by atoms with Crippen molar-refractivity contribution < 1.29 is 0 Å². The van der Waals surface area contributed by atoms with Gasteiger partial charge in [0.1, 0.15) is 5.65 Å². The van der Waals surface area contributed by atoms with E-state index in [-0.39, 0.29) is 0 Å². The van der Waals surface area contributed by atoms with Crippen LogP contribution in [0.25, 0.3) is 27.3 Å². The molecule has 2 atom stereocenters. The smallest absolute Gasteiger partial charge is 0.145 e. The number of aryl methyl sites for hydroxylation is 2. The number of rotatable bonds is 0. The molecule has 3 heterocycles. The van der Waals surface area contributed by atoms with Gasteiger partial charge in [0.15, 0.2) is 0 Å². The zero-order valence-electron chi connectivity index (χ0n) is 14.0. The minimum atomic E-state index is 0.490. The summed E-state index contributed by atoms with van der Waals surface area (Å²) in [5, 5.41) is 3.98. The number of fused-ring (bicyclic) bond motifs is 3. The molecule has 5 rings (SSSR count). The first-order valence-corrected chi connectivity index (χ1v) is 8.42. The van der Waals surface area contributed by atoms with Crippen molar-refractivity contribution in [2.45, 2.75) is 39.5 Å². The number of pyridine rings is 1. The fourth-order valence-corrected chi connectivity index (χ4v) is 4.54. The van der Waals surface area contributed by atoms with E-state index in [4.69, 9.17) is 4.98 Å². The van der Waals surface area contributed by atoms with E-state index in [0.29, 0.717) is 11.8 Å². The highest BCUT2D eigenvalue weighted by Crippen LogP contribution is 2.45. The van der Waals surface area contributed by atoms with Crippen LogP contribution in [0.4, 0.5) is 0 Å². The number of nitrogens with zero attached hydrogens (tertiary/aromatic N) is 2. The van der Waals surface area contributed by atoms with E-state index in [1.54, 1.807) is 0 Å². The molecule has 2 aromatic carbocycles. The SMILES string of the molecule is Cc1nc2c3ccccc3c3c(C)ccc4c3n2c1C(C)C4C. The van der Waals surface area contributed by atoms with Gasteiger partial charge in [0, 0.05) is 22.4 Å². The van der Waals surface area contributed by atoms with Crippen LogP contribution in [0.1, 0.15) is 48.2 Å². The molecule has 0 saturated heterocycles. The molecule has 0 amide bonds. The molecular formula is C21H20N2. The standard InChI is InChI=1S/C21H20N2/c1-11-9-10-15-12(2)13(3)19-14(4)22-21-17-8-6-5-7-16(17)18(11)20(15)23(19)21/h5-10,12-13H,1-4H3. The van der Waals surface area contributed by atoms with Gasteiger partial charge in [-0.15, -0.1) is 0 Å². The van der Waals surface area contributed by atoms with Gasteiger partial charge in [0.25, 0.3) is 0 Å². The molecule has 0 fully saturated rings. The van der Waals surface area contributed by atoms with Crippen LogP contribution in [0, 0.1) is 13.8 Å². The number of imidazole rings is 1. The lowest BCUT2D eigenvalue weighted by molar-refractivity contribution is 0.589. The average Bonchev–Trinajstić information content (AvgIpc) is 2.90. The van der Waals surface area contributed by atoms with Crippen LogP contribution < -0.4 is 0 Å². The van der Waals surface area contributed by atoms with Crippen molar-refractivity contribution in [2.24, 2.45) is 0 Å². The van der Waals surface area contributed by atoms with Gasteiger partial charge in [-0.1, -0.05) is 50.2 Å². The van der Waals surface area contributed by atoms with E-state index in [2.05, 4.69) is 68.5 Å². The summed E-state index contributed by atoms with van der Waals surface area (Å²) in [6.07, 6.45) is 0. The third-order valence-electron chi connectivity index (χ3n) is 5.85. The Morgan fingerprint density at radius 3 is 2.43 bits per heavy atom. The molecule has 2 nitrogen and oxygen atoms in total. The van der Waals surface area contributed by atoms with E-state index in [9.17, 15) is 0 Å². The second kappa shape index (κ2) is 4.14. The van der Waals surface area contributed by atoms with E-state index < -0.39 is 0 Å². The predicted octanol–water partition coefficient (Wildman–Crippen LogP) is 5.48. The molecule has 0 saturated carbocycles. The lowest BCUT2D eigenvalue weighted by Gasteiger charge is -2.29. The van der Waals surface area contributed by atoms with Crippen molar-refractivity contribution in [3.05, 3.63) is 58.9 Å². The van der Waals surface area contributed by atoms with Crippen molar-refractivity contribution >= 4 is 27.3 Å². The van der Waals surface area contributed by atoms with Gasteiger partial charge in [0.05, 0.1) is 11.2 Å². The molecule has 0 radical (unpaired) electrons. The zero-order valence-corrected chi connectivity index (χ0v) is 14.0. The van der Waals surface area contributed by atoms with Gasteiger partial charge in [-0.3, -0.25) is 4.40 Å². The molecule has 2 aromatic heterocycles. The monoisotopic (exact) mass is 300 g/mol. The number of hydrogen-bond donors (Lipinski definition) is 0. The van der Waals surface area contributed by atoms with Crippen molar-refractivity contribution in [2.75, 3.05) is 0 Å². The largest absolute Gasteiger partial charge is 0.295 e. The van der Waals surface area contributed by atoms with Crippen molar-refractivity contribution in [3.8, 4) is 0 Å². The van der Waals surface area contributed by atoms with E-state index in [1.165, 1.54) is 44.2 Å². The molecule has 0 bridgehead atoms. The maximum absolute atomic E-state index is 4.97. The van der Waals surface area contributed by atoms with Gasteiger partial charge in [-0.05, 0) is 36.3 Å². The van der Waals surface area contributed by atoms with Gasteiger partial charge in [-0.2, -0.15) is 0 Å². The lowest BCUT2D eigenvalue weighted by Crippen LogP contribution is -2.16. The van der Waals surface area contributed by atoms with Crippen molar-refractivity contribution in [3.63, 3.8) is 0 Å². The second-order valence-corrected chi connectivity index (χ2v) is 7.06. The molecule has 2 heteroatoms. The summed E-state index contributed by atoms with van der Waals surface area (Å²) < 4.78 is 2.44. The highest BCUT2D eigenvalue weighted by Gasteiger charge is 2.31. The van der Waals surface area contributed by atoms with Gasteiger partial charge in [-0.25, -0.2) is 4.98 Å². The lowest BCUT2D eigenvalue weighted by atomic mass is 9.81. The van der Waals surface area contributed by atoms with Crippen LogP contribution in [0.2, 0.25) is 0 Å². The number of aromatic nitrogens is 2. The van der Waals surface area contributed by atoms with Crippen LogP contribution in [0.5, 0.6) is 0 Å².